The number of aliphatic hydroxyl groups excluding tert-OH is 1. The van der Waals surface area contributed by atoms with E-state index < -0.39 is 30.4 Å². The molecule has 240 valence electrons. The Labute approximate surface area is 264 Å². The van der Waals surface area contributed by atoms with Gasteiger partial charge in [-0.25, -0.2) is 4.79 Å². The SMILES string of the molecule is Cc1cc(N)cc(C)c1OCC(=O)N[C@@H](Cc1ccccc1)C[C@H](O)[C@H](Cc1ccccc1)NC(=O)O[C@@H]1CO[C@H]2OCC[C@H]21. The number of aryl methyl sites for hydroxylation is 2. The lowest BCUT2D eigenvalue weighted by molar-refractivity contribution is -0.124. The third-order valence-electron chi connectivity index (χ3n) is 8.36. The van der Waals surface area contributed by atoms with Gasteiger partial charge in [-0.3, -0.25) is 4.79 Å². The van der Waals surface area contributed by atoms with Gasteiger partial charge in [0.05, 0.1) is 31.3 Å². The van der Waals surface area contributed by atoms with Crippen molar-refractivity contribution in [3.63, 3.8) is 0 Å². The highest BCUT2D eigenvalue weighted by Gasteiger charge is 2.44. The number of nitrogens with two attached hydrogens (primary N) is 1. The van der Waals surface area contributed by atoms with Crippen LogP contribution >= 0.6 is 0 Å². The fourth-order valence-corrected chi connectivity index (χ4v) is 6.19. The number of benzene rings is 3. The van der Waals surface area contributed by atoms with E-state index in [1.54, 1.807) is 12.1 Å². The van der Waals surface area contributed by atoms with Crippen molar-refractivity contribution < 1.29 is 33.6 Å². The van der Waals surface area contributed by atoms with Crippen LogP contribution in [0.1, 0.15) is 35.1 Å². The lowest BCUT2D eigenvalue weighted by Gasteiger charge is -2.29. The monoisotopic (exact) mass is 617 g/mol. The first-order valence-electron chi connectivity index (χ1n) is 15.5. The number of ether oxygens (including phenoxy) is 4. The standard InChI is InChI=1S/C35H43N3O7/c1-22-15-26(36)16-23(2)33(22)43-21-32(40)37-27(17-24-9-5-3-6-10-24)19-30(39)29(18-25-11-7-4-8-12-25)38-35(41)45-31-20-44-34-28(31)13-14-42-34/h3-12,15-16,27-31,34,39H,13-14,17-21,36H2,1-2H3,(H,37,40)(H,38,41)/t27-,28-,29-,30-,31+,34+/m0/s1. The third kappa shape index (κ3) is 8.97. The molecule has 0 radical (unpaired) electrons. The molecule has 10 heteroatoms. The average Bonchev–Trinajstić information content (AvgIpc) is 3.62. The van der Waals surface area contributed by atoms with Crippen LogP contribution in [0.3, 0.4) is 0 Å². The fourth-order valence-electron chi connectivity index (χ4n) is 6.19. The molecule has 2 fully saturated rings. The number of anilines is 1. The molecular weight excluding hydrogens is 574 g/mol. The minimum atomic E-state index is -1.00. The largest absolute Gasteiger partial charge is 0.483 e. The molecular formula is C35H43N3O7. The Morgan fingerprint density at radius 2 is 1.60 bits per heavy atom. The van der Waals surface area contributed by atoms with Gasteiger partial charge in [0.1, 0.15) is 11.9 Å². The van der Waals surface area contributed by atoms with Crippen LogP contribution in [-0.4, -0.2) is 67.5 Å². The van der Waals surface area contributed by atoms with Crippen LogP contribution in [0.15, 0.2) is 72.8 Å². The summed E-state index contributed by atoms with van der Waals surface area (Å²) in [6.45, 7) is 4.42. The first kappa shape index (κ1) is 32.3. The predicted octanol–water partition coefficient (Wildman–Crippen LogP) is 3.84. The highest BCUT2D eigenvalue weighted by Crippen LogP contribution is 2.33. The van der Waals surface area contributed by atoms with Crippen LogP contribution in [-0.2, 0) is 31.8 Å². The number of carbonyl (C=O) groups excluding carboxylic acids is 2. The molecule has 2 aliphatic heterocycles. The summed E-state index contributed by atoms with van der Waals surface area (Å²) in [5.41, 5.74) is 10.2. The van der Waals surface area contributed by atoms with Crippen LogP contribution < -0.4 is 21.1 Å². The van der Waals surface area contributed by atoms with Gasteiger partial charge >= 0.3 is 6.09 Å². The Morgan fingerprint density at radius 1 is 0.956 bits per heavy atom. The first-order valence-corrected chi connectivity index (χ1v) is 15.5. The Balaban J connectivity index is 1.26. The Bertz CT molecular complexity index is 1400. The summed E-state index contributed by atoms with van der Waals surface area (Å²) in [6, 6.07) is 21.9. The molecule has 45 heavy (non-hydrogen) atoms. The maximum Gasteiger partial charge on any atom is 0.407 e. The Kier molecular flexibility index (Phi) is 10.9. The lowest BCUT2D eigenvalue weighted by Crippen LogP contribution is -2.50. The van der Waals surface area contributed by atoms with Crippen LogP contribution in [0.5, 0.6) is 5.75 Å². The summed E-state index contributed by atoms with van der Waals surface area (Å²) in [4.78, 5) is 26.3. The maximum absolute atomic E-state index is 13.2. The van der Waals surface area contributed by atoms with E-state index in [4.69, 9.17) is 24.7 Å². The molecule has 2 amide bonds. The number of alkyl carbamates (subject to hydrolysis) is 1. The van der Waals surface area contributed by atoms with Crippen LogP contribution in [0.25, 0.3) is 0 Å². The van der Waals surface area contributed by atoms with Crippen molar-refractivity contribution in [1.29, 1.82) is 0 Å². The molecule has 3 aromatic rings. The molecule has 5 rings (SSSR count). The minimum absolute atomic E-state index is 0.00162. The van der Waals surface area contributed by atoms with Gasteiger partial charge < -0.3 is 40.4 Å². The van der Waals surface area contributed by atoms with Crippen molar-refractivity contribution in [1.82, 2.24) is 10.6 Å². The van der Waals surface area contributed by atoms with E-state index in [9.17, 15) is 14.7 Å². The highest BCUT2D eigenvalue weighted by molar-refractivity contribution is 5.78. The van der Waals surface area contributed by atoms with Gasteiger partial charge in [-0.15, -0.1) is 0 Å². The first-order chi connectivity index (χ1) is 21.7. The highest BCUT2D eigenvalue weighted by atomic mass is 16.7. The molecule has 2 heterocycles. The van der Waals surface area contributed by atoms with Crippen molar-refractivity contribution in [2.45, 2.75) is 70.1 Å². The summed E-state index contributed by atoms with van der Waals surface area (Å²) in [5, 5.41) is 17.5. The summed E-state index contributed by atoms with van der Waals surface area (Å²) in [6.07, 6.45) is -0.575. The molecule has 0 unspecified atom stereocenters. The zero-order chi connectivity index (χ0) is 31.8. The number of hydrogen-bond acceptors (Lipinski definition) is 8. The fraction of sp³-hybridized carbons (Fsp3) is 0.429. The quantitative estimate of drug-likeness (QED) is 0.212. The van der Waals surface area contributed by atoms with Crippen LogP contribution in [0, 0.1) is 19.8 Å². The Morgan fingerprint density at radius 3 is 2.27 bits per heavy atom. The van der Waals surface area contributed by atoms with Gasteiger partial charge in [0.15, 0.2) is 12.9 Å². The number of fused-ring (bicyclic) bond motifs is 1. The smallest absolute Gasteiger partial charge is 0.407 e. The van der Waals surface area contributed by atoms with Crippen molar-refractivity contribution >= 4 is 17.7 Å². The number of nitrogens with one attached hydrogen (secondary N) is 2. The second-order valence-corrected chi connectivity index (χ2v) is 11.9. The van der Waals surface area contributed by atoms with Crippen molar-refractivity contribution in [3.8, 4) is 5.75 Å². The molecule has 0 bridgehead atoms. The van der Waals surface area contributed by atoms with Gasteiger partial charge in [0.25, 0.3) is 5.91 Å². The van der Waals surface area contributed by atoms with E-state index in [2.05, 4.69) is 10.6 Å². The normalized spacial score (nSPS) is 20.9. The van der Waals surface area contributed by atoms with Gasteiger partial charge in [0, 0.05) is 11.7 Å². The number of aliphatic hydroxyl groups is 1. The second kappa shape index (κ2) is 15.2. The van der Waals surface area contributed by atoms with Gasteiger partial charge in [-0.1, -0.05) is 60.7 Å². The molecule has 0 spiro atoms. The van der Waals surface area contributed by atoms with Crippen molar-refractivity contribution in [2.75, 3.05) is 25.6 Å². The van der Waals surface area contributed by atoms with Crippen molar-refractivity contribution in [3.05, 3.63) is 95.1 Å². The van der Waals surface area contributed by atoms with E-state index in [-0.39, 0.29) is 37.7 Å². The number of amides is 2. The zero-order valence-corrected chi connectivity index (χ0v) is 25.8. The van der Waals surface area contributed by atoms with E-state index in [0.29, 0.717) is 30.9 Å². The summed E-state index contributed by atoms with van der Waals surface area (Å²) in [5.74, 6) is 0.301. The average molecular weight is 618 g/mol. The van der Waals surface area contributed by atoms with Gasteiger partial charge in [-0.05, 0) is 73.9 Å². The number of rotatable bonds is 13. The zero-order valence-electron chi connectivity index (χ0n) is 25.8. The molecule has 5 N–H and O–H groups in total. The van der Waals surface area contributed by atoms with Crippen LogP contribution in [0.2, 0.25) is 0 Å². The van der Waals surface area contributed by atoms with Crippen molar-refractivity contribution in [2.24, 2.45) is 5.92 Å². The van der Waals surface area contributed by atoms with Gasteiger partial charge in [0.2, 0.25) is 0 Å². The number of carbonyl (C=O) groups is 2. The van der Waals surface area contributed by atoms with E-state index in [1.807, 2.05) is 74.5 Å². The van der Waals surface area contributed by atoms with Crippen LogP contribution in [0.4, 0.5) is 10.5 Å². The van der Waals surface area contributed by atoms with E-state index >= 15 is 0 Å². The second-order valence-electron chi connectivity index (χ2n) is 11.9. The molecule has 2 aliphatic rings. The summed E-state index contributed by atoms with van der Waals surface area (Å²) in [7, 11) is 0. The maximum atomic E-state index is 13.2. The Hall–Kier alpha value is -4.12. The molecule has 10 nitrogen and oxygen atoms in total. The molecule has 3 aromatic carbocycles. The number of nitrogen functional groups attached to an aromatic ring is 1. The summed E-state index contributed by atoms with van der Waals surface area (Å²) < 4.78 is 22.8. The lowest BCUT2D eigenvalue weighted by atomic mass is 9.93. The summed E-state index contributed by atoms with van der Waals surface area (Å²) >= 11 is 0. The third-order valence-corrected chi connectivity index (χ3v) is 8.36. The molecule has 6 atom stereocenters. The molecule has 0 saturated carbocycles. The van der Waals surface area contributed by atoms with Gasteiger partial charge in [-0.2, -0.15) is 0 Å². The number of hydrogen-bond donors (Lipinski definition) is 4. The molecule has 0 aromatic heterocycles. The molecule has 0 aliphatic carbocycles. The molecule has 2 saturated heterocycles. The van der Waals surface area contributed by atoms with E-state index in [1.165, 1.54) is 0 Å². The predicted molar refractivity (Wildman–Crippen MR) is 170 cm³/mol. The van der Waals surface area contributed by atoms with E-state index in [0.717, 1.165) is 28.7 Å². The topological polar surface area (TPSA) is 141 Å². The minimum Gasteiger partial charge on any atom is -0.483 e.